The molecule has 1 fully saturated rings. The lowest BCUT2D eigenvalue weighted by molar-refractivity contribution is -0.125. The highest BCUT2D eigenvalue weighted by Crippen LogP contribution is 2.27. The highest BCUT2D eigenvalue weighted by Gasteiger charge is 2.44. The number of carbonyl (C=O) groups is 1. The molecule has 0 saturated carbocycles. The van der Waals surface area contributed by atoms with Crippen molar-refractivity contribution in [3.63, 3.8) is 0 Å². The van der Waals surface area contributed by atoms with Crippen LogP contribution < -0.4 is 10.6 Å². The number of amides is 1. The fraction of sp³-hybridized carbons (Fsp3) is 0.286. The van der Waals surface area contributed by atoms with Gasteiger partial charge in [-0.3, -0.25) is 4.79 Å². The van der Waals surface area contributed by atoms with Crippen LogP contribution >= 0.6 is 11.8 Å². The van der Waals surface area contributed by atoms with Crippen LogP contribution in [0.4, 0.5) is 0 Å². The molecule has 1 atom stereocenters. The molecule has 2 N–H and O–H groups in total. The summed E-state index contributed by atoms with van der Waals surface area (Å²) < 4.78 is -0.450. The molecule has 1 saturated heterocycles. The SMILES string of the molecule is CSC1(C(=O)N[C@H](C#N)Cc2ccc(-c3ccc(C#N)cc3)cc2)CNC1. The average molecular weight is 376 g/mol. The lowest BCUT2D eigenvalue weighted by atomic mass is 9.98. The molecule has 5 nitrogen and oxygen atoms in total. The molecule has 2 aromatic carbocycles. The van der Waals surface area contributed by atoms with Crippen molar-refractivity contribution in [2.45, 2.75) is 17.2 Å². The highest BCUT2D eigenvalue weighted by atomic mass is 32.2. The third kappa shape index (κ3) is 4.14. The fourth-order valence-electron chi connectivity index (χ4n) is 2.97. The number of rotatable bonds is 6. The van der Waals surface area contributed by atoms with Gasteiger partial charge in [-0.2, -0.15) is 10.5 Å². The van der Waals surface area contributed by atoms with Gasteiger partial charge in [-0.1, -0.05) is 36.4 Å². The van der Waals surface area contributed by atoms with Crippen LogP contribution in [-0.4, -0.2) is 36.0 Å². The first-order chi connectivity index (χ1) is 13.1. The Labute approximate surface area is 163 Å². The van der Waals surface area contributed by atoms with Crippen molar-refractivity contribution in [3.05, 3.63) is 59.7 Å². The highest BCUT2D eigenvalue weighted by molar-refractivity contribution is 8.00. The average Bonchev–Trinajstić information content (AvgIpc) is 2.67. The topological polar surface area (TPSA) is 88.7 Å². The second kappa shape index (κ2) is 8.26. The Morgan fingerprint density at radius 3 is 2.19 bits per heavy atom. The van der Waals surface area contributed by atoms with E-state index in [0.29, 0.717) is 25.1 Å². The van der Waals surface area contributed by atoms with Crippen LogP contribution in [0.1, 0.15) is 11.1 Å². The van der Waals surface area contributed by atoms with Gasteiger partial charge in [0.25, 0.3) is 0 Å². The number of benzene rings is 2. The summed E-state index contributed by atoms with van der Waals surface area (Å²) in [5.41, 5.74) is 3.70. The third-order valence-electron chi connectivity index (χ3n) is 4.83. The fourth-order valence-corrected chi connectivity index (χ4v) is 3.71. The van der Waals surface area contributed by atoms with Crippen LogP contribution in [0.15, 0.2) is 48.5 Å². The molecule has 0 bridgehead atoms. The summed E-state index contributed by atoms with van der Waals surface area (Å²) in [6, 6.07) is 19.1. The van der Waals surface area contributed by atoms with Gasteiger partial charge in [-0.05, 0) is 35.1 Å². The molecule has 1 aliphatic rings. The first-order valence-electron chi connectivity index (χ1n) is 8.66. The van der Waals surface area contributed by atoms with Crippen LogP contribution in [0.25, 0.3) is 11.1 Å². The number of carbonyl (C=O) groups excluding carboxylic acids is 1. The molecule has 1 heterocycles. The van der Waals surface area contributed by atoms with E-state index in [9.17, 15) is 10.1 Å². The van der Waals surface area contributed by atoms with E-state index in [0.717, 1.165) is 16.7 Å². The van der Waals surface area contributed by atoms with Crippen molar-refractivity contribution in [1.29, 1.82) is 10.5 Å². The van der Waals surface area contributed by atoms with Crippen molar-refractivity contribution in [1.82, 2.24) is 10.6 Å². The van der Waals surface area contributed by atoms with E-state index in [1.165, 1.54) is 11.8 Å². The van der Waals surface area contributed by atoms with E-state index < -0.39 is 10.8 Å². The summed E-state index contributed by atoms with van der Waals surface area (Å²) in [5.74, 6) is -0.0745. The van der Waals surface area contributed by atoms with Gasteiger partial charge in [-0.25, -0.2) is 0 Å². The van der Waals surface area contributed by atoms with Crippen LogP contribution in [0.5, 0.6) is 0 Å². The molecule has 0 spiro atoms. The molecule has 0 aromatic heterocycles. The minimum absolute atomic E-state index is 0.0745. The number of thioether (sulfide) groups is 1. The van der Waals surface area contributed by atoms with Crippen molar-refractivity contribution in [3.8, 4) is 23.3 Å². The number of nitrogens with one attached hydrogen (secondary N) is 2. The Morgan fingerprint density at radius 2 is 1.74 bits per heavy atom. The number of hydrogen-bond donors (Lipinski definition) is 2. The van der Waals surface area contributed by atoms with Gasteiger partial charge in [0.05, 0.1) is 17.7 Å². The Kier molecular flexibility index (Phi) is 5.81. The van der Waals surface area contributed by atoms with Crippen LogP contribution in [0.2, 0.25) is 0 Å². The van der Waals surface area contributed by atoms with Crippen molar-refractivity contribution >= 4 is 17.7 Å². The van der Waals surface area contributed by atoms with Crippen molar-refractivity contribution in [2.24, 2.45) is 0 Å². The number of hydrogen-bond acceptors (Lipinski definition) is 5. The van der Waals surface area contributed by atoms with Crippen LogP contribution in [0.3, 0.4) is 0 Å². The summed E-state index contributed by atoms with van der Waals surface area (Å²) in [4.78, 5) is 12.5. The Hall–Kier alpha value is -2.80. The Morgan fingerprint density at radius 1 is 1.15 bits per heavy atom. The quantitative estimate of drug-likeness (QED) is 0.809. The zero-order valence-electron chi connectivity index (χ0n) is 15.0. The normalized spacial score (nSPS) is 15.7. The van der Waals surface area contributed by atoms with E-state index in [1.54, 1.807) is 12.1 Å². The number of nitriles is 2. The predicted octanol–water partition coefficient (Wildman–Crippen LogP) is 2.48. The summed E-state index contributed by atoms with van der Waals surface area (Å²) in [5, 5.41) is 24.3. The first-order valence-corrected chi connectivity index (χ1v) is 9.88. The monoisotopic (exact) mass is 376 g/mol. The van der Waals surface area contributed by atoms with Gasteiger partial charge in [0.2, 0.25) is 5.91 Å². The standard InChI is InChI=1S/C21H20N4OS/c1-27-21(13-24-14-21)20(26)25-19(12-23)10-15-2-6-17(7-3-15)18-8-4-16(11-22)5-9-18/h2-9,19,24H,10,13-14H2,1H3,(H,25,26)/t19-/m0/s1. The molecule has 0 aliphatic carbocycles. The van der Waals surface area contributed by atoms with E-state index in [2.05, 4.69) is 22.8 Å². The molecule has 1 amide bonds. The third-order valence-corrected chi connectivity index (χ3v) is 6.08. The van der Waals surface area contributed by atoms with Gasteiger partial charge in [-0.15, -0.1) is 11.8 Å². The maximum absolute atomic E-state index is 12.5. The van der Waals surface area contributed by atoms with E-state index in [-0.39, 0.29) is 5.91 Å². The van der Waals surface area contributed by atoms with Gasteiger partial charge < -0.3 is 10.6 Å². The first kappa shape index (κ1) is 19.0. The molecular weight excluding hydrogens is 356 g/mol. The summed E-state index contributed by atoms with van der Waals surface area (Å²) in [7, 11) is 0. The maximum atomic E-state index is 12.5. The largest absolute Gasteiger partial charge is 0.339 e. The van der Waals surface area contributed by atoms with Gasteiger partial charge >= 0.3 is 0 Å². The summed E-state index contributed by atoms with van der Waals surface area (Å²) in [6.07, 6.45) is 2.39. The molecule has 27 heavy (non-hydrogen) atoms. The molecule has 0 unspecified atom stereocenters. The zero-order valence-corrected chi connectivity index (χ0v) is 15.8. The van der Waals surface area contributed by atoms with Crippen molar-refractivity contribution in [2.75, 3.05) is 19.3 Å². The van der Waals surface area contributed by atoms with Crippen LogP contribution in [-0.2, 0) is 11.2 Å². The second-order valence-corrected chi connectivity index (χ2v) is 7.74. The smallest absolute Gasteiger partial charge is 0.239 e. The Bertz CT molecular complexity index is 884. The lowest BCUT2D eigenvalue weighted by Gasteiger charge is -2.39. The van der Waals surface area contributed by atoms with E-state index in [1.807, 2.05) is 42.7 Å². The molecule has 2 aromatic rings. The van der Waals surface area contributed by atoms with Gasteiger partial charge in [0.1, 0.15) is 10.8 Å². The summed E-state index contributed by atoms with van der Waals surface area (Å²) in [6.45, 7) is 1.27. The van der Waals surface area contributed by atoms with E-state index >= 15 is 0 Å². The predicted molar refractivity (Wildman–Crippen MR) is 107 cm³/mol. The van der Waals surface area contributed by atoms with Crippen LogP contribution in [0, 0.1) is 22.7 Å². The number of nitrogens with zero attached hydrogens (tertiary/aromatic N) is 2. The molecule has 6 heteroatoms. The maximum Gasteiger partial charge on any atom is 0.239 e. The van der Waals surface area contributed by atoms with Gasteiger partial charge in [0.15, 0.2) is 0 Å². The Balaban J connectivity index is 1.65. The molecular formula is C21H20N4OS. The zero-order chi connectivity index (χ0) is 19.3. The molecule has 1 aliphatic heterocycles. The van der Waals surface area contributed by atoms with E-state index in [4.69, 9.17) is 5.26 Å². The van der Waals surface area contributed by atoms with Gasteiger partial charge in [0, 0.05) is 19.5 Å². The molecule has 0 radical (unpaired) electrons. The lowest BCUT2D eigenvalue weighted by Crippen LogP contribution is -2.66. The minimum Gasteiger partial charge on any atom is -0.339 e. The summed E-state index contributed by atoms with van der Waals surface area (Å²) >= 11 is 1.52. The van der Waals surface area contributed by atoms with Crippen molar-refractivity contribution < 1.29 is 4.79 Å². The second-order valence-electron chi connectivity index (χ2n) is 6.55. The minimum atomic E-state index is -0.553. The molecule has 3 rings (SSSR count). The molecule has 136 valence electrons.